The van der Waals surface area contributed by atoms with Gasteiger partial charge in [0.2, 0.25) is 0 Å². The molecule has 3 nitrogen and oxygen atoms in total. The van der Waals surface area contributed by atoms with Crippen LogP contribution in [0.4, 0.5) is 0 Å². The summed E-state index contributed by atoms with van der Waals surface area (Å²) in [5.74, 6) is -0.141. The zero-order valence-corrected chi connectivity index (χ0v) is 8.36. The zero-order chi connectivity index (χ0) is 10.6. The Balaban J connectivity index is 2.71. The van der Waals surface area contributed by atoms with Crippen molar-refractivity contribution in [1.29, 1.82) is 0 Å². The van der Waals surface area contributed by atoms with Crippen LogP contribution in [0.2, 0.25) is 0 Å². The topological polar surface area (TPSA) is 37.4 Å². The second kappa shape index (κ2) is 4.56. The molecule has 0 aliphatic rings. The molecule has 0 heterocycles. The molecular weight excluding hydrogens is 178 g/mol. The maximum Gasteiger partial charge on any atom is 0.253 e. The van der Waals surface area contributed by atoms with Gasteiger partial charge in [-0.15, -0.1) is 0 Å². The molecule has 0 aliphatic heterocycles. The number of rotatable bonds is 3. The van der Waals surface area contributed by atoms with Gasteiger partial charge >= 0.3 is 0 Å². The SMILES string of the molecule is CC(=O)CN(C)C(=O)c1ccccc1. The first kappa shape index (κ1) is 10.4. The highest BCUT2D eigenvalue weighted by atomic mass is 16.2. The molecule has 0 saturated carbocycles. The standard InChI is InChI=1S/C11H13NO2/c1-9(13)8-12(2)11(14)10-6-4-3-5-7-10/h3-7H,8H2,1-2H3. The molecule has 1 aromatic carbocycles. The first-order valence-electron chi connectivity index (χ1n) is 4.41. The van der Waals surface area contributed by atoms with E-state index in [0.29, 0.717) is 5.56 Å². The van der Waals surface area contributed by atoms with Gasteiger partial charge in [-0.05, 0) is 19.1 Å². The third-order valence-electron chi connectivity index (χ3n) is 1.83. The van der Waals surface area contributed by atoms with E-state index in [1.165, 1.54) is 11.8 Å². The van der Waals surface area contributed by atoms with E-state index in [2.05, 4.69) is 0 Å². The van der Waals surface area contributed by atoms with E-state index in [9.17, 15) is 9.59 Å². The second-order valence-corrected chi connectivity index (χ2v) is 3.23. The minimum absolute atomic E-state index is 0.0169. The summed E-state index contributed by atoms with van der Waals surface area (Å²) in [6, 6.07) is 8.92. The van der Waals surface area contributed by atoms with Crippen molar-refractivity contribution in [2.75, 3.05) is 13.6 Å². The third kappa shape index (κ3) is 2.69. The van der Waals surface area contributed by atoms with Crippen LogP contribution in [-0.2, 0) is 4.79 Å². The molecule has 0 fully saturated rings. The lowest BCUT2D eigenvalue weighted by Gasteiger charge is -2.14. The first-order chi connectivity index (χ1) is 6.61. The monoisotopic (exact) mass is 191 g/mol. The molecule has 1 amide bonds. The van der Waals surface area contributed by atoms with E-state index >= 15 is 0 Å². The summed E-state index contributed by atoms with van der Waals surface area (Å²) in [5, 5.41) is 0. The molecule has 3 heteroatoms. The number of Topliss-reactive ketones (excluding diaryl/α,β-unsaturated/α-hetero) is 1. The number of carbonyl (C=O) groups is 2. The Morgan fingerprint density at radius 1 is 1.21 bits per heavy atom. The highest BCUT2D eigenvalue weighted by Gasteiger charge is 2.11. The second-order valence-electron chi connectivity index (χ2n) is 3.23. The smallest absolute Gasteiger partial charge is 0.253 e. The number of benzene rings is 1. The van der Waals surface area contributed by atoms with Gasteiger partial charge < -0.3 is 4.90 Å². The summed E-state index contributed by atoms with van der Waals surface area (Å²) >= 11 is 0. The molecule has 0 atom stereocenters. The quantitative estimate of drug-likeness (QED) is 0.723. The molecule has 1 aromatic rings. The fourth-order valence-electron chi connectivity index (χ4n) is 1.21. The fourth-order valence-corrected chi connectivity index (χ4v) is 1.21. The Kier molecular flexibility index (Phi) is 3.40. The molecule has 0 saturated heterocycles. The highest BCUT2D eigenvalue weighted by Crippen LogP contribution is 2.02. The molecule has 14 heavy (non-hydrogen) atoms. The van der Waals surface area contributed by atoms with E-state index in [1.807, 2.05) is 6.07 Å². The van der Waals surface area contributed by atoms with Gasteiger partial charge in [0.1, 0.15) is 5.78 Å². The predicted octanol–water partition coefficient (Wildman–Crippen LogP) is 1.35. The Labute approximate surface area is 83.3 Å². The highest BCUT2D eigenvalue weighted by molar-refractivity contribution is 5.96. The minimum atomic E-state index is -0.124. The number of carbonyl (C=O) groups excluding carboxylic acids is 2. The van der Waals surface area contributed by atoms with Crippen molar-refractivity contribution in [1.82, 2.24) is 4.90 Å². The summed E-state index contributed by atoms with van der Waals surface area (Å²) in [6.07, 6.45) is 0. The normalized spacial score (nSPS) is 9.57. The molecule has 0 bridgehead atoms. The van der Waals surface area contributed by atoms with Crippen molar-refractivity contribution in [2.24, 2.45) is 0 Å². The van der Waals surface area contributed by atoms with Crippen LogP contribution in [0.3, 0.4) is 0 Å². The Hall–Kier alpha value is -1.64. The third-order valence-corrected chi connectivity index (χ3v) is 1.83. The Morgan fingerprint density at radius 3 is 2.29 bits per heavy atom. The first-order valence-corrected chi connectivity index (χ1v) is 4.41. The van der Waals surface area contributed by atoms with E-state index in [4.69, 9.17) is 0 Å². The van der Waals surface area contributed by atoms with Gasteiger partial charge in [-0.25, -0.2) is 0 Å². The average molecular weight is 191 g/mol. The molecule has 74 valence electrons. The minimum Gasteiger partial charge on any atom is -0.334 e. The summed E-state index contributed by atoms with van der Waals surface area (Å²) in [5.41, 5.74) is 0.608. The van der Waals surface area contributed by atoms with Crippen LogP contribution < -0.4 is 0 Å². The molecule has 0 spiro atoms. The van der Waals surface area contributed by atoms with Crippen LogP contribution in [0.25, 0.3) is 0 Å². The molecule has 0 aromatic heterocycles. The summed E-state index contributed by atoms with van der Waals surface area (Å²) in [4.78, 5) is 23.9. The molecule has 0 unspecified atom stereocenters. The number of amides is 1. The number of ketones is 1. The van der Waals surface area contributed by atoms with Gasteiger partial charge in [-0.2, -0.15) is 0 Å². The Bertz CT molecular complexity index is 332. The van der Waals surface area contributed by atoms with E-state index in [0.717, 1.165) is 0 Å². The molecule has 0 aliphatic carbocycles. The van der Waals surface area contributed by atoms with Crippen molar-refractivity contribution in [3.63, 3.8) is 0 Å². The van der Waals surface area contributed by atoms with Crippen LogP contribution in [0.15, 0.2) is 30.3 Å². The lowest BCUT2D eigenvalue weighted by atomic mass is 10.2. The van der Waals surface area contributed by atoms with E-state index < -0.39 is 0 Å². The lowest BCUT2D eigenvalue weighted by Crippen LogP contribution is -2.30. The number of hydrogen-bond donors (Lipinski definition) is 0. The molecule has 0 radical (unpaired) electrons. The van der Waals surface area contributed by atoms with Crippen molar-refractivity contribution >= 4 is 11.7 Å². The van der Waals surface area contributed by atoms with Gasteiger partial charge in [0.05, 0.1) is 6.54 Å². The average Bonchev–Trinajstić information content (AvgIpc) is 2.17. The largest absolute Gasteiger partial charge is 0.334 e. The van der Waals surface area contributed by atoms with Crippen molar-refractivity contribution < 1.29 is 9.59 Å². The van der Waals surface area contributed by atoms with Gasteiger partial charge in [0.15, 0.2) is 0 Å². The fraction of sp³-hybridized carbons (Fsp3) is 0.273. The van der Waals surface area contributed by atoms with Crippen LogP contribution in [0, 0.1) is 0 Å². The number of hydrogen-bond acceptors (Lipinski definition) is 2. The van der Waals surface area contributed by atoms with Crippen LogP contribution in [0.5, 0.6) is 0 Å². The van der Waals surface area contributed by atoms with Crippen LogP contribution >= 0.6 is 0 Å². The van der Waals surface area contributed by atoms with Crippen molar-refractivity contribution in [2.45, 2.75) is 6.92 Å². The number of nitrogens with zero attached hydrogens (tertiary/aromatic N) is 1. The van der Waals surface area contributed by atoms with Gasteiger partial charge in [-0.1, -0.05) is 18.2 Å². The maximum absolute atomic E-state index is 11.7. The lowest BCUT2D eigenvalue weighted by molar-refractivity contribution is -0.117. The van der Waals surface area contributed by atoms with E-state index in [-0.39, 0.29) is 18.2 Å². The van der Waals surface area contributed by atoms with Crippen LogP contribution in [0.1, 0.15) is 17.3 Å². The van der Waals surface area contributed by atoms with Gasteiger partial charge in [0, 0.05) is 12.6 Å². The van der Waals surface area contributed by atoms with Crippen molar-refractivity contribution in [3.8, 4) is 0 Å². The summed E-state index contributed by atoms with van der Waals surface area (Å²) < 4.78 is 0. The zero-order valence-electron chi connectivity index (χ0n) is 8.36. The molecule has 0 N–H and O–H groups in total. The maximum atomic E-state index is 11.7. The summed E-state index contributed by atoms with van der Waals surface area (Å²) in [7, 11) is 1.62. The van der Waals surface area contributed by atoms with Crippen molar-refractivity contribution in [3.05, 3.63) is 35.9 Å². The Morgan fingerprint density at radius 2 is 1.79 bits per heavy atom. The summed E-state index contributed by atoms with van der Waals surface area (Å²) in [6.45, 7) is 1.63. The predicted molar refractivity (Wildman–Crippen MR) is 54.1 cm³/mol. The van der Waals surface area contributed by atoms with Gasteiger partial charge in [-0.3, -0.25) is 9.59 Å². The number of likely N-dealkylation sites (N-methyl/N-ethyl adjacent to an activating group) is 1. The van der Waals surface area contributed by atoms with Gasteiger partial charge in [0.25, 0.3) is 5.91 Å². The molecular formula is C11H13NO2. The van der Waals surface area contributed by atoms with Crippen LogP contribution in [-0.4, -0.2) is 30.2 Å². The molecule has 1 rings (SSSR count). The van der Waals surface area contributed by atoms with E-state index in [1.54, 1.807) is 31.3 Å².